The van der Waals surface area contributed by atoms with Crippen molar-refractivity contribution < 1.29 is 19.0 Å². The summed E-state index contributed by atoms with van der Waals surface area (Å²) in [6.45, 7) is -0.102. The molecule has 1 rings (SSSR count). The Balaban J connectivity index is 2.50. The molecule has 4 nitrogen and oxygen atoms in total. The second-order valence-electron chi connectivity index (χ2n) is 2.52. The maximum absolute atomic E-state index is 11.0. The first-order chi connectivity index (χ1) is 7.26. The zero-order valence-electron chi connectivity index (χ0n) is 8.23. The molecule has 15 heavy (non-hydrogen) atoms. The summed E-state index contributed by atoms with van der Waals surface area (Å²) < 4.78 is 14.3. The Hall–Kier alpha value is -2.15. The lowest BCUT2D eigenvalue weighted by molar-refractivity contribution is 0.111. The van der Waals surface area contributed by atoms with Crippen molar-refractivity contribution in [2.75, 3.05) is 13.7 Å². The quantitative estimate of drug-likeness (QED) is 0.430. The minimum Gasteiger partial charge on any atom is -0.497 e. The van der Waals surface area contributed by atoms with Crippen molar-refractivity contribution in [3.05, 3.63) is 24.3 Å². The number of terminal acetylenes is 1. The summed E-state index contributed by atoms with van der Waals surface area (Å²) in [7, 11) is 1.55. The minimum atomic E-state index is -0.821. The van der Waals surface area contributed by atoms with Crippen molar-refractivity contribution in [1.82, 2.24) is 0 Å². The molecular weight excluding hydrogens is 196 g/mol. The van der Waals surface area contributed by atoms with E-state index in [0.717, 1.165) is 0 Å². The van der Waals surface area contributed by atoms with Gasteiger partial charge in [0.15, 0.2) is 6.61 Å². The van der Waals surface area contributed by atoms with Gasteiger partial charge in [0.2, 0.25) is 0 Å². The van der Waals surface area contributed by atoms with Crippen LogP contribution in [0.2, 0.25) is 0 Å². The van der Waals surface area contributed by atoms with Gasteiger partial charge in [-0.25, -0.2) is 4.79 Å². The summed E-state index contributed by atoms with van der Waals surface area (Å²) >= 11 is 0. The Labute approximate surface area is 87.8 Å². The van der Waals surface area contributed by atoms with Crippen LogP contribution in [0.4, 0.5) is 4.79 Å². The highest BCUT2D eigenvalue weighted by Crippen LogP contribution is 2.17. The van der Waals surface area contributed by atoms with E-state index in [4.69, 9.17) is 15.9 Å². The van der Waals surface area contributed by atoms with E-state index in [0.29, 0.717) is 11.5 Å². The van der Waals surface area contributed by atoms with Crippen LogP contribution in [-0.2, 0) is 4.74 Å². The molecule has 0 N–H and O–H groups in total. The third-order valence-corrected chi connectivity index (χ3v) is 1.53. The molecule has 0 atom stereocenters. The molecule has 78 valence electrons. The molecule has 0 heterocycles. The maximum atomic E-state index is 11.0. The van der Waals surface area contributed by atoms with Gasteiger partial charge in [0, 0.05) is 0 Å². The summed E-state index contributed by atoms with van der Waals surface area (Å²) in [5, 5.41) is 0. The van der Waals surface area contributed by atoms with Crippen molar-refractivity contribution in [3.63, 3.8) is 0 Å². The standard InChI is InChI=1S/C11H10O4/c1-3-8-14-11(12)15-10-6-4-9(13-2)5-7-10/h1,4-7H,8H2,2H3. The number of rotatable bonds is 3. The van der Waals surface area contributed by atoms with Gasteiger partial charge < -0.3 is 14.2 Å². The molecule has 0 saturated carbocycles. The highest BCUT2D eigenvalue weighted by atomic mass is 16.7. The molecule has 1 aromatic carbocycles. The molecule has 0 amide bonds. The Bertz CT molecular complexity index is 361. The van der Waals surface area contributed by atoms with Crippen molar-refractivity contribution in [1.29, 1.82) is 0 Å². The van der Waals surface area contributed by atoms with E-state index >= 15 is 0 Å². The predicted molar refractivity (Wildman–Crippen MR) is 53.8 cm³/mol. The van der Waals surface area contributed by atoms with Crippen molar-refractivity contribution in [2.24, 2.45) is 0 Å². The molecule has 0 aliphatic heterocycles. The first-order valence-corrected chi connectivity index (χ1v) is 4.18. The van der Waals surface area contributed by atoms with E-state index < -0.39 is 6.16 Å². The average molecular weight is 206 g/mol. The number of carbonyl (C=O) groups is 1. The fourth-order valence-electron chi connectivity index (χ4n) is 0.870. The highest BCUT2D eigenvalue weighted by Gasteiger charge is 2.04. The van der Waals surface area contributed by atoms with E-state index in [9.17, 15) is 4.79 Å². The molecule has 1 aromatic rings. The van der Waals surface area contributed by atoms with Gasteiger partial charge in [-0.3, -0.25) is 0 Å². The van der Waals surface area contributed by atoms with Gasteiger partial charge in [0.05, 0.1) is 7.11 Å². The van der Waals surface area contributed by atoms with Gasteiger partial charge >= 0.3 is 6.16 Å². The third-order valence-electron chi connectivity index (χ3n) is 1.53. The monoisotopic (exact) mass is 206 g/mol. The number of hydrogen-bond donors (Lipinski definition) is 0. The van der Waals surface area contributed by atoms with Crippen LogP contribution in [0.25, 0.3) is 0 Å². The largest absolute Gasteiger partial charge is 0.514 e. The number of carbonyl (C=O) groups excluding carboxylic acids is 1. The Kier molecular flexibility index (Phi) is 4.05. The Morgan fingerprint density at radius 2 is 1.93 bits per heavy atom. The van der Waals surface area contributed by atoms with E-state index in [2.05, 4.69) is 10.7 Å². The third kappa shape index (κ3) is 3.61. The fourth-order valence-corrected chi connectivity index (χ4v) is 0.870. The molecule has 0 spiro atoms. The minimum absolute atomic E-state index is 0.102. The Morgan fingerprint density at radius 3 is 2.47 bits per heavy atom. The molecule has 4 heteroatoms. The summed E-state index contributed by atoms with van der Waals surface area (Å²) in [6.07, 6.45) is 4.09. The van der Waals surface area contributed by atoms with Crippen LogP contribution in [0.5, 0.6) is 11.5 Å². The van der Waals surface area contributed by atoms with Gasteiger partial charge in [0.1, 0.15) is 11.5 Å². The van der Waals surface area contributed by atoms with Gasteiger partial charge in [-0.1, -0.05) is 5.92 Å². The van der Waals surface area contributed by atoms with Crippen LogP contribution >= 0.6 is 0 Å². The number of ether oxygens (including phenoxy) is 3. The van der Waals surface area contributed by atoms with E-state index in [1.54, 1.807) is 31.4 Å². The molecule has 0 aliphatic carbocycles. The normalized spacial score (nSPS) is 8.80. The maximum Gasteiger partial charge on any atom is 0.514 e. The second kappa shape index (κ2) is 5.55. The van der Waals surface area contributed by atoms with E-state index in [1.807, 2.05) is 0 Å². The van der Waals surface area contributed by atoms with Crippen LogP contribution in [0.3, 0.4) is 0 Å². The van der Waals surface area contributed by atoms with Gasteiger partial charge in [0.25, 0.3) is 0 Å². The molecule has 0 bridgehead atoms. The first-order valence-electron chi connectivity index (χ1n) is 4.18. The van der Waals surface area contributed by atoms with Crippen molar-refractivity contribution >= 4 is 6.16 Å². The Morgan fingerprint density at radius 1 is 1.33 bits per heavy atom. The van der Waals surface area contributed by atoms with Gasteiger partial charge in [-0.15, -0.1) is 6.42 Å². The molecule has 0 saturated heterocycles. The fraction of sp³-hybridized carbons (Fsp3) is 0.182. The summed E-state index contributed by atoms with van der Waals surface area (Å²) in [5.41, 5.74) is 0. The van der Waals surface area contributed by atoms with Gasteiger partial charge in [-0.05, 0) is 24.3 Å². The van der Waals surface area contributed by atoms with E-state index in [-0.39, 0.29) is 6.61 Å². The highest BCUT2D eigenvalue weighted by molar-refractivity contribution is 5.64. The zero-order valence-corrected chi connectivity index (χ0v) is 8.23. The lowest BCUT2D eigenvalue weighted by Gasteiger charge is -2.04. The lowest BCUT2D eigenvalue weighted by Crippen LogP contribution is -2.10. The van der Waals surface area contributed by atoms with Crippen LogP contribution in [-0.4, -0.2) is 19.9 Å². The first kappa shape index (κ1) is 10.9. The second-order valence-corrected chi connectivity index (χ2v) is 2.52. The molecule has 0 aromatic heterocycles. The van der Waals surface area contributed by atoms with Crippen LogP contribution in [0.15, 0.2) is 24.3 Å². The molecule has 0 radical (unpaired) electrons. The van der Waals surface area contributed by atoms with Crippen LogP contribution in [0.1, 0.15) is 0 Å². The molecule has 0 unspecified atom stereocenters. The smallest absolute Gasteiger partial charge is 0.497 e. The van der Waals surface area contributed by atoms with Crippen molar-refractivity contribution in [2.45, 2.75) is 0 Å². The van der Waals surface area contributed by atoms with Gasteiger partial charge in [-0.2, -0.15) is 0 Å². The molecule has 0 fully saturated rings. The number of methoxy groups -OCH3 is 1. The van der Waals surface area contributed by atoms with E-state index in [1.165, 1.54) is 0 Å². The summed E-state index contributed by atoms with van der Waals surface area (Å²) in [5.74, 6) is 3.21. The summed E-state index contributed by atoms with van der Waals surface area (Å²) in [4.78, 5) is 11.0. The lowest BCUT2D eigenvalue weighted by atomic mass is 10.3. The van der Waals surface area contributed by atoms with Crippen LogP contribution < -0.4 is 9.47 Å². The predicted octanol–water partition coefficient (Wildman–Crippen LogP) is 1.84. The molecule has 0 aliphatic rings. The van der Waals surface area contributed by atoms with Crippen LogP contribution in [0, 0.1) is 12.3 Å². The molecular formula is C11H10O4. The number of benzene rings is 1. The number of hydrogen-bond acceptors (Lipinski definition) is 4. The zero-order chi connectivity index (χ0) is 11.1. The average Bonchev–Trinajstić information content (AvgIpc) is 2.27. The topological polar surface area (TPSA) is 44.8 Å². The van der Waals surface area contributed by atoms with Crippen molar-refractivity contribution in [3.8, 4) is 23.8 Å². The SMILES string of the molecule is C#CCOC(=O)Oc1ccc(OC)cc1. The summed E-state index contributed by atoms with van der Waals surface area (Å²) in [6, 6.07) is 6.53.